The number of carbonyl (C=O) groups is 2. The van der Waals surface area contributed by atoms with Gasteiger partial charge in [0, 0.05) is 43.1 Å². The summed E-state index contributed by atoms with van der Waals surface area (Å²) in [4.78, 5) is 33.9. The number of hydrogen-bond donors (Lipinski definition) is 2. The van der Waals surface area contributed by atoms with Crippen LogP contribution in [0.15, 0.2) is 42.7 Å². The Morgan fingerprint density at radius 2 is 2.18 bits per heavy atom. The summed E-state index contributed by atoms with van der Waals surface area (Å²) in [7, 11) is 1.56. The molecule has 4 rings (SSSR count). The Morgan fingerprint density at radius 3 is 2.85 bits per heavy atom. The molecule has 0 aliphatic carbocycles. The molecule has 2 aromatic heterocycles. The van der Waals surface area contributed by atoms with Crippen LogP contribution in [0.2, 0.25) is 0 Å². The molecule has 0 radical (unpaired) electrons. The quantitative estimate of drug-likeness (QED) is 0.520. The average Bonchev–Trinajstić information content (AvgIpc) is 3.46. The molecule has 33 heavy (non-hydrogen) atoms. The number of amides is 1. The molecule has 3 heterocycles. The van der Waals surface area contributed by atoms with Crippen molar-refractivity contribution in [2.45, 2.75) is 38.3 Å². The van der Waals surface area contributed by atoms with Gasteiger partial charge in [-0.1, -0.05) is 12.1 Å². The number of nitrogens with zero attached hydrogens (tertiary/aromatic N) is 2. The van der Waals surface area contributed by atoms with Crippen molar-refractivity contribution >= 4 is 23.2 Å². The lowest BCUT2D eigenvalue weighted by Gasteiger charge is -2.24. The first-order valence-corrected chi connectivity index (χ1v) is 11.4. The third-order valence-corrected chi connectivity index (χ3v) is 6.88. The second kappa shape index (κ2) is 9.68. The molecule has 9 heteroatoms. The number of benzene rings is 1. The maximum atomic E-state index is 12.9. The van der Waals surface area contributed by atoms with Gasteiger partial charge in [-0.2, -0.15) is 0 Å². The van der Waals surface area contributed by atoms with Gasteiger partial charge in [0.15, 0.2) is 5.60 Å². The molecular weight excluding hydrogens is 442 g/mol. The molecule has 1 saturated heterocycles. The van der Waals surface area contributed by atoms with Gasteiger partial charge < -0.3 is 19.9 Å². The van der Waals surface area contributed by atoms with Crippen molar-refractivity contribution < 1.29 is 24.2 Å². The fourth-order valence-corrected chi connectivity index (χ4v) is 4.94. The van der Waals surface area contributed by atoms with Crippen molar-refractivity contribution in [3.8, 4) is 16.3 Å². The van der Waals surface area contributed by atoms with Crippen LogP contribution in [0.25, 0.3) is 10.6 Å². The highest BCUT2D eigenvalue weighted by atomic mass is 32.1. The zero-order chi connectivity index (χ0) is 23.4. The highest BCUT2D eigenvalue weighted by Crippen LogP contribution is 2.32. The first kappa shape index (κ1) is 22.9. The number of carbonyl (C=O) groups excluding carboxylic acids is 1. The zero-order valence-corrected chi connectivity index (χ0v) is 19.3. The minimum absolute atomic E-state index is 0.228. The Kier molecular flexibility index (Phi) is 6.71. The van der Waals surface area contributed by atoms with Gasteiger partial charge in [-0.15, -0.1) is 11.3 Å². The smallest absolute Gasteiger partial charge is 0.336 e. The van der Waals surface area contributed by atoms with Gasteiger partial charge in [0.1, 0.15) is 15.6 Å². The van der Waals surface area contributed by atoms with Crippen LogP contribution in [0, 0.1) is 6.92 Å². The molecule has 3 aromatic rings. The number of nitrogens with one attached hydrogen (secondary N) is 1. The van der Waals surface area contributed by atoms with Gasteiger partial charge >= 0.3 is 5.97 Å². The first-order chi connectivity index (χ1) is 15.9. The summed E-state index contributed by atoms with van der Waals surface area (Å²) in [6, 6.07) is 9.23. The highest BCUT2D eigenvalue weighted by molar-refractivity contribution is 7.17. The second-order valence-electron chi connectivity index (χ2n) is 7.93. The minimum atomic E-state index is -1.20. The van der Waals surface area contributed by atoms with Gasteiger partial charge in [-0.3, -0.25) is 9.78 Å². The van der Waals surface area contributed by atoms with Crippen LogP contribution in [-0.2, 0) is 22.5 Å². The van der Waals surface area contributed by atoms with Crippen LogP contribution in [0.1, 0.15) is 39.3 Å². The summed E-state index contributed by atoms with van der Waals surface area (Å²) in [5, 5.41) is 13.4. The molecule has 1 atom stereocenters. The fraction of sp³-hybridized carbons (Fsp3) is 0.333. The first-order valence-electron chi connectivity index (χ1n) is 10.6. The Labute approximate surface area is 195 Å². The highest BCUT2D eigenvalue weighted by Gasteiger charge is 2.43. The van der Waals surface area contributed by atoms with E-state index in [1.165, 1.54) is 11.3 Å². The monoisotopic (exact) mass is 467 g/mol. The summed E-state index contributed by atoms with van der Waals surface area (Å²) < 4.78 is 11.1. The fourth-order valence-electron chi connectivity index (χ4n) is 3.97. The standard InChI is InChI=1S/C24H25N3O5S/c1-15-20(33-22(27-15)17-5-3-9-25-13-17)21(28)26-14-18-11-16(6-7-19(18)31-2)12-24(23(29)30)8-4-10-32-24/h3,5-7,9,11,13H,4,8,10,12,14H2,1-2H3,(H,26,28)(H,29,30). The number of methoxy groups -OCH3 is 1. The Balaban J connectivity index is 1.50. The van der Waals surface area contributed by atoms with E-state index in [0.29, 0.717) is 29.3 Å². The number of rotatable bonds is 8. The Morgan fingerprint density at radius 1 is 1.33 bits per heavy atom. The summed E-state index contributed by atoms with van der Waals surface area (Å²) in [6.07, 6.45) is 4.87. The van der Waals surface area contributed by atoms with Gasteiger partial charge in [-0.25, -0.2) is 9.78 Å². The van der Waals surface area contributed by atoms with Crippen LogP contribution in [-0.4, -0.2) is 46.3 Å². The number of thiazole rings is 1. The number of aliphatic carboxylic acids is 1. The maximum absolute atomic E-state index is 12.9. The average molecular weight is 468 g/mol. The molecule has 1 aromatic carbocycles. The van der Waals surface area contributed by atoms with Crippen molar-refractivity contribution in [2.75, 3.05) is 13.7 Å². The lowest BCUT2D eigenvalue weighted by Crippen LogP contribution is -2.40. The van der Waals surface area contributed by atoms with E-state index < -0.39 is 11.6 Å². The third-order valence-electron chi connectivity index (χ3n) is 5.68. The van der Waals surface area contributed by atoms with E-state index in [0.717, 1.165) is 28.1 Å². The molecule has 1 aliphatic rings. The maximum Gasteiger partial charge on any atom is 0.336 e. The number of carboxylic acid groups (broad SMARTS) is 1. The molecular formula is C24H25N3O5S. The molecule has 2 N–H and O–H groups in total. The van der Waals surface area contributed by atoms with Gasteiger partial charge in [-0.05, 0) is 43.5 Å². The Hall–Kier alpha value is -3.30. The SMILES string of the molecule is COc1ccc(CC2(C(=O)O)CCCO2)cc1CNC(=O)c1sc(-c2cccnc2)nc1C. The number of ether oxygens (including phenoxy) is 2. The number of hydrogen-bond acceptors (Lipinski definition) is 7. The largest absolute Gasteiger partial charge is 0.496 e. The van der Waals surface area contributed by atoms with E-state index >= 15 is 0 Å². The zero-order valence-electron chi connectivity index (χ0n) is 18.5. The van der Waals surface area contributed by atoms with E-state index in [-0.39, 0.29) is 18.9 Å². The number of carboxylic acids is 1. The molecule has 0 spiro atoms. The minimum Gasteiger partial charge on any atom is -0.496 e. The van der Waals surface area contributed by atoms with E-state index in [1.807, 2.05) is 24.3 Å². The predicted molar refractivity (Wildman–Crippen MR) is 124 cm³/mol. The third kappa shape index (κ3) is 4.89. The molecule has 172 valence electrons. The molecule has 1 amide bonds. The van der Waals surface area contributed by atoms with Crippen LogP contribution >= 0.6 is 11.3 Å². The predicted octanol–water partition coefficient (Wildman–Crippen LogP) is 3.63. The summed E-state index contributed by atoms with van der Waals surface area (Å²) in [5.74, 6) is -0.558. The normalized spacial score (nSPS) is 17.6. The lowest BCUT2D eigenvalue weighted by atomic mass is 9.91. The van der Waals surface area contributed by atoms with E-state index in [4.69, 9.17) is 9.47 Å². The second-order valence-corrected chi connectivity index (χ2v) is 8.93. The molecule has 0 bridgehead atoms. The van der Waals surface area contributed by atoms with Crippen LogP contribution in [0.3, 0.4) is 0 Å². The summed E-state index contributed by atoms with van der Waals surface area (Å²) in [5.41, 5.74) is 1.89. The van der Waals surface area contributed by atoms with Crippen molar-refractivity contribution in [1.82, 2.24) is 15.3 Å². The van der Waals surface area contributed by atoms with Gasteiger partial charge in [0.2, 0.25) is 0 Å². The van der Waals surface area contributed by atoms with Crippen LogP contribution in [0.5, 0.6) is 5.75 Å². The van der Waals surface area contributed by atoms with Crippen molar-refractivity contribution in [2.24, 2.45) is 0 Å². The molecule has 0 saturated carbocycles. The molecule has 1 aliphatic heterocycles. The van der Waals surface area contributed by atoms with E-state index in [1.54, 1.807) is 32.5 Å². The van der Waals surface area contributed by atoms with Crippen molar-refractivity contribution in [1.29, 1.82) is 0 Å². The van der Waals surface area contributed by atoms with Gasteiger partial charge in [0.25, 0.3) is 5.91 Å². The lowest BCUT2D eigenvalue weighted by molar-refractivity contribution is -0.159. The van der Waals surface area contributed by atoms with E-state index in [9.17, 15) is 14.7 Å². The van der Waals surface area contributed by atoms with Crippen LogP contribution < -0.4 is 10.1 Å². The van der Waals surface area contributed by atoms with E-state index in [2.05, 4.69) is 15.3 Å². The number of aromatic nitrogens is 2. The topological polar surface area (TPSA) is 111 Å². The number of aryl methyl sites for hydroxylation is 1. The number of pyridine rings is 1. The van der Waals surface area contributed by atoms with Crippen LogP contribution in [0.4, 0.5) is 0 Å². The summed E-state index contributed by atoms with van der Waals surface area (Å²) >= 11 is 1.32. The van der Waals surface area contributed by atoms with Gasteiger partial charge in [0.05, 0.1) is 12.8 Å². The van der Waals surface area contributed by atoms with Crippen molar-refractivity contribution in [3.63, 3.8) is 0 Å². The molecule has 1 unspecified atom stereocenters. The summed E-state index contributed by atoms with van der Waals surface area (Å²) in [6.45, 7) is 2.48. The molecule has 8 nitrogen and oxygen atoms in total. The van der Waals surface area contributed by atoms with Crippen molar-refractivity contribution in [3.05, 3.63) is 64.4 Å². The Bertz CT molecular complexity index is 1160. The molecule has 1 fully saturated rings.